The molecular weight excluding hydrogens is 434 g/mol. The number of hydrogen-bond acceptors (Lipinski definition) is 5. The Kier molecular flexibility index (Phi) is 6.30. The molecule has 0 saturated heterocycles. The summed E-state index contributed by atoms with van der Waals surface area (Å²) in [4.78, 5) is 17.1. The van der Waals surface area contributed by atoms with Gasteiger partial charge in [-0.1, -0.05) is 19.9 Å². The fourth-order valence-electron chi connectivity index (χ4n) is 4.24. The van der Waals surface area contributed by atoms with Gasteiger partial charge in [0, 0.05) is 17.3 Å². The van der Waals surface area contributed by atoms with E-state index >= 15 is 0 Å². The summed E-state index contributed by atoms with van der Waals surface area (Å²) in [5, 5.41) is 16.2. The number of carbonyl (C=O) groups is 1. The van der Waals surface area contributed by atoms with Crippen molar-refractivity contribution in [3.05, 3.63) is 52.4 Å². The van der Waals surface area contributed by atoms with Crippen LogP contribution < -0.4 is 4.74 Å². The molecule has 0 unspecified atom stereocenters. The summed E-state index contributed by atoms with van der Waals surface area (Å²) in [6.45, 7) is 10.3. The van der Waals surface area contributed by atoms with Gasteiger partial charge in [-0.15, -0.1) is 0 Å². The average Bonchev–Trinajstić information content (AvgIpc) is 3.32. The molecule has 0 atom stereocenters. The Morgan fingerprint density at radius 2 is 1.91 bits per heavy atom. The van der Waals surface area contributed by atoms with Gasteiger partial charge in [0.1, 0.15) is 10.8 Å². The lowest BCUT2D eigenvalue weighted by Gasteiger charge is -2.20. The van der Waals surface area contributed by atoms with E-state index in [1.807, 2.05) is 39.0 Å². The zero-order chi connectivity index (χ0) is 23.9. The van der Waals surface area contributed by atoms with Crippen LogP contribution in [0.5, 0.6) is 5.75 Å². The van der Waals surface area contributed by atoms with Gasteiger partial charge in [0.2, 0.25) is 5.17 Å². The van der Waals surface area contributed by atoms with E-state index in [2.05, 4.69) is 34.6 Å². The summed E-state index contributed by atoms with van der Waals surface area (Å²) in [7, 11) is 1.66. The maximum atomic E-state index is 12.9. The lowest BCUT2D eigenvalue weighted by Crippen LogP contribution is -2.35. The fraction of sp³-hybridized carbons (Fsp3) is 0.360. The third-order valence-corrected chi connectivity index (χ3v) is 7.22. The molecule has 0 bridgehead atoms. The zero-order valence-corrected chi connectivity index (χ0v) is 20.7. The van der Waals surface area contributed by atoms with Crippen LogP contribution in [0.15, 0.2) is 39.9 Å². The van der Waals surface area contributed by atoms with Gasteiger partial charge in [0.25, 0.3) is 5.91 Å². The van der Waals surface area contributed by atoms with Crippen molar-refractivity contribution in [3.63, 3.8) is 0 Å². The zero-order valence-electron chi connectivity index (χ0n) is 19.9. The van der Waals surface area contributed by atoms with Crippen LogP contribution in [0.1, 0.15) is 49.2 Å². The Morgan fingerprint density at radius 3 is 2.58 bits per heavy atom. The SMILES string of the molecule is CCC(CC)C1=NN2C(=N)/C(=C\c3cc(C)n(-c4cc(C)ccc4OC)c3C)C(=O)N=C2S1. The topological polar surface area (TPSA) is 83.0 Å². The maximum absolute atomic E-state index is 12.9. The molecule has 7 nitrogen and oxygen atoms in total. The van der Waals surface area contributed by atoms with Crippen LogP contribution in [-0.2, 0) is 4.79 Å². The number of hydrazone groups is 1. The number of amides is 1. The number of aliphatic imine (C=N–C) groups is 1. The van der Waals surface area contributed by atoms with Gasteiger partial charge in [0.05, 0.1) is 18.4 Å². The Bertz CT molecular complexity index is 1230. The Hall–Kier alpha value is -3.13. The third-order valence-electron chi connectivity index (χ3n) is 6.15. The van der Waals surface area contributed by atoms with E-state index in [-0.39, 0.29) is 11.4 Å². The van der Waals surface area contributed by atoms with Crippen LogP contribution in [0, 0.1) is 32.1 Å². The first-order chi connectivity index (χ1) is 15.8. The number of amidine groups is 2. The van der Waals surface area contributed by atoms with Crippen molar-refractivity contribution in [2.24, 2.45) is 16.0 Å². The second kappa shape index (κ2) is 9.02. The second-order valence-corrected chi connectivity index (χ2v) is 9.30. The molecule has 2 aliphatic rings. The minimum atomic E-state index is -0.405. The molecule has 33 heavy (non-hydrogen) atoms. The maximum Gasteiger partial charge on any atom is 0.283 e. The van der Waals surface area contributed by atoms with Crippen LogP contribution in [0.4, 0.5) is 0 Å². The van der Waals surface area contributed by atoms with Crippen molar-refractivity contribution in [2.75, 3.05) is 7.11 Å². The van der Waals surface area contributed by atoms with Crippen molar-refractivity contribution >= 4 is 39.8 Å². The summed E-state index contributed by atoms with van der Waals surface area (Å²) in [6, 6.07) is 8.07. The molecule has 1 N–H and O–H groups in total. The van der Waals surface area contributed by atoms with Crippen LogP contribution >= 0.6 is 11.8 Å². The highest BCUT2D eigenvalue weighted by atomic mass is 32.2. The molecule has 0 aliphatic carbocycles. The molecule has 1 aromatic heterocycles. The molecule has 4 rings (SSSR count). The van der Waals surface area contributed by atoms with Gasteiger partial charge in [0.15, 0.2) is 5.84 Å². The van der Waals surface area contributed by atoms with E-state index in [0.29, 0.717) is 11.1 Å². The largest absolute Gasteiger partial charge is 0.495 e. The predicted octanol–water partition coefficient (Wildman–Crippen LogP) is 5.47. The summed E-state index contributed by atoms with van der Waals surface area (Å²) in [5.41, 5.74) is 5.13. The van der Waals surface area contributed by atoms with Crippen LogP contribution in [-0.4, -0.2) is 38.6 Å². The Labute approximate surface area is 198 Å². The first-order valence-electron chi connectivity index (χ1n) is 11.1. The highest BCUT2D eigenvalue weighted by Crippen LogP contribution is 2.34. The van der Waals surface area contributed by atoms with E-state index in [1.165, 1.54) is 16.8 Å². The third kappa shape index (κ3) is 4.04. The first-order valence-corrected chi connectivity index (χ1v) is 11.9. The molecule has 3 heterocycles. The number of rotatable bonds is 6. The summed E-state index contributed by atoms with van der Waals surface area (Å²) in [5.74, 6) is 0.741. The van der Waals surface area contributed by atoms with E-state index in [4.69, 9.17) is 10.1 Å². The number of fused-ring (bicyclic) bond motifs is 1. The van der Waals surface area contributed by atoms with Gasteiger partial charge in [-0.3, -0.25) is 10.2 Å². The van der Waals surface area contributed by atoms with E-state index < -0.39 is 5.91 Å². The van der Waals surface area contributed by atoms with Gasteiger partial charge in [-0.05, 0) is 80.8 Å². The second-order valence-electron chi connectivity index (χ2n) is 8.31. The average molecular weight is 464 g/mol. The standard InChI is InChI=1S/C25H29N5O2S/c1-7-17(8-2)24-28-30-22(26)19(23(31)27-25(30)33-24)13-18-12-15(4)29(16(18)5)20-11-14(3)9-10-21(20)32-6/h9-13,17,26H,7-8H2,1-6H3/b19-13+,26-22?. The van der Waals surface area contributed by atoms with E-state index in [9.17, 15) is 4.79 Å². The highest BCUT2D eigenvalue weighted by molar-refractivity contribution is 8.27. The molecule has 2 aromatic rings. The number of ether oxygens (including phenoxy) is 1. The minimum Gasteiger partial charge on any atom is -0.495 e. The van der Waals surface area contributed by atoms with Crippen LogP contribution in [0.2, 0.25) is 0 Å². The molecule has 0 spiro atoms. The van der Waals surface area contributed by atoms with Crippen LogP contribution in [0.25, 0.3) is 11.8 Å². The van der Waals surface area contributed by atoms with Crippen molar-refractivity contribution in [1.82, 2.24) is 9.58 Å². The molecule has 172 valence electrons. The number of carbonyl (C=O) groups excluding carboxylic acids is 1. The molecule has 0 radical (unpaired) electrons. The van der Waals surface area contributed by atoms with Crippen molar-refractivity contribution in [2.45, 2.75) is 47.5 Å². The van der Waals surface area contributed by atoms with Crippen LogP contribution in [0.3, 0.4) is 0 Å². The number of nitrogens with one attached hydrogen (secondary N) is 1. The minimum absolute atomic E-state index is 0.0661. The summed E-state index contributed by atoms with van der Waals surface area (Å²) >= 11 is 1.40. The fourth-order valence-corrected chi connectivity index (χ4v) is 5.40. The van der Waals surface area contributed by atoms with Gasteiger partial charge >= 0.3 is 0 Å². The monoisotopic (exact) mass is 463 g/mol. The normalized spacial score (nSPS) is 17.1. The lowest BCUT2D eigenvalue weighted by molar-refractivity contribution is -0.114. The number of aryl methyl sites for hydroxylation is 2. The van der Waals surface area contributed by atoms with Gasteiger partial charge in [-0.25, -0.2) is 0 Å². The molecule has 0 saturated carbocycles. The van der Waals surface area contributed by atoms with Crippen molar-refractivity contribution in [1.29, 1.82) is 5.41 Å². The molecule has 2 aliphatic heterocycles. The molecule has 1 amide bonds. The smallest absolute Gasteiger partial charge is 0.283 e. The number of aromatic nitrogens is 1. The quantitative estimate of drug-likeness (QED) is 0.576. The van der Waals surface area contributed by atoms with E-state index in [0.717, 1.165) is 51.8 Å². The lowest BCUT2D eigenvalue weighted by atomic mass is 10.1. The molecule has 1 aromatic carbocycles. The summed E-state index contributed by atoms with van der Waals surface area (Å²) in [6.07, 6.45) is 3.67. The number of thioether (sulfide) groups is 1. The number of nitrogens with zero attached hydrogens (tertiary/aromatic N) is 4. The van der Waals surface area contributed by atoms with E-state index in [1.54, 1.807) is 13.2 Å². The number of methoxy groups -OCH3 is 1. The highest BCUT2D eigenvalue weighted by Gasteiger charge is 2.37. The summed E-state index contributed by atoms with van der Waals surface area (Å²) < 4.78 is 7.70. The molecule has 0 fully saturated rings. The number of benzene rings is 1. The number of hydrogen-bond donors (Lipinski definition) is 1. The Balaban J connectivity index is 1.74. The van der Waals surface area contributed by atoms with Crippen molar-refractivity contribution in [3.8, 4) is 11.4 Å². The Morgan fingerprint density at radius 1 is 1.18 bits per heavy atom. The molecular formula is C25H29N5O2S. The first kappa shape index (κ1) is 23.0. The van der Waals surface area contributed by atoms with Gasteiger partial charge in [-0.2, -0.15) is 15.1 Å². The predicted molar refractivity (Wildman–Crippen MR) is 136 cm³/mol. The molecule has 8 heteroatoms. The van der Waals surface area contributed by atoms with Crippen molar-refractivity contribution < 1.29 is 9.53 Å². The van der Waals surface area contributed by atoms with Gasteiger partial charge < -0.3 is 9.30 Å².